The summed E-state index contributed by atoms with van der Waals surface area (Å²) in [5.41, 5.74) is 1.39. The van der Waals surface area contributed by atoms with Gasteiger partial charge in [0, 0.05) is 34.7 Å². The van der Waals surface area contributed by atoms with Gasteiger partial charge >= 0.3 is 0 Å². The average Bonchev–Trinajstić information content (AvgIpc) is 3.42. The lowest BCUT2D eigenvalue weighted by Crippen LogP contribution is -2.27. The smallest absolute Gasteiger partial charge is 0.261 e. The van der Waals surface area contributed by atoms with Crippen molar-refractivity contribution >= 4 is 48.8 Å². The average molecular weight is 496 g/mol. The molecule has 11 heteroatoms. The van der Waals surface area contributed by atoms with Crippen LogP contribution in [0.2, 0.25) is 0 Å². The third-order valence-electron chi connectivity index (χ3n) is 4.75. The van der Waals surface area contributed by atoms with Crippen molar-refractivity contribution in [2.45, 2.75) is 38.8 Å². The van der Waals surface area contributed by atoms with Crippen LogP contribution in [0.15, 0.2) is 72.9 Å². The summed E-state index contributed by atoms with van der Waals surface area (Å²) in [6, 6.07) is 12.4. The maximum Gasteiger partial charge on any atom is 0.261 e. The predicted molar refractivity (Wildman–Crippen MR) is 123 cm³/mol. The first-order chi connectivity index (χ1) is 14.7. The van der Waals surface area contributed by atoms with Gasteiger partial charge in [-0.3, -0.25) is 4.72 Å². The molecule has 1 fully saturated rings. The Morgan fingerprint density at radius 3 is 2.13 bits per heavy atom. The molecule has 31 heavy (non-hydrogen) atoms. The molecular formula is C20H21N3O4S4. The van der Waals surface area contributed by atoms with Gasteiger partial charge in [-0.15, -0.1) is 11.3 Å². The van der Waals surface area contributed by atoms with E-state index in [-0.39, 0.29) is 9.79 Å². The fourth-order valence-electron chi connectivity index (χ4n) is 3.15. The Bertz CT molecular complexity index is 1260. The minimum Gasteiger partial charge on any atom is -0.280 e. The SMILES string of the molecule is Cc1csc(Sc2ccc(NS(=O)(=O)c3ccc(S(=O)(=O)N4CCCC4)cc3)cc2)n1. The highest BCUT2D eigenvalue weighted by Crippen LogP contribution is 2.31. The topological polar surface area (TPSA) is 96.4 Å². The van der Waals surface area contributed by atoms with E-state index in [9.17, 15) is 16.8 Å². The molecule has 4 rings (SSSR count). The summed E-state index contributed by atoms with van der Waals surface area (Å²) in [6.45, 7) is 2.94. The Hall–Kier alpha value is -1.92. The van der Waals surface area contributed by atoms with Gasteiger partial charge in [0.05, 0.1) is 9.79 Å². The van der Waals surface area contributed by atoms with Crippen molar-refractivity contribution in [3.63, 3.8) is 0 Å². The maximum absolute atomic E-state index is 12.7. The first-order valence-corrected chi connectivity index (χ1v) is 14.2. The number of nitrogens with one attached hydrogen (secondary N) is 1. The molecule has 0 bridgehead atoms. The van der Waals surface area contributed by atoms with Gasteiger partial charge in [0.2, 0.25) is 10.0 Å². The summed E-state index contributed by atoms with van der Waals surface area (Å²) >= 11 is 3.08. The third kappa shape index (κ3) is 5.12. The highest BCUT2D eigenvalue weighted by atomic mass is 32.2. The molecule has 0 radical (unpaired) electrons. The van der Waals surface area contributed by atoms with Crippen molar-refractivity contribution in [2.24, 2.45) is 0 Å². The van der Waals surface area contributed by atoms with E-state index in [0.29, 0.717) is 18.8 Å². The molecule has 0 spiro atoms. The number of hydrogen-bond donors (Lipinski definition) is 1. The molecule has 1 aromatic heterocycles. The fourth-order valence-corrected chi connectivity index (χ4v) is 7.54. The summed E-state index contributed by atoms with van der Waals surface area (Å²) < 4.78 is 55.5. The predicted octanol–water partition coefficient (Wildman–Crippen LogP) is 4.19. The maximum atomic E-state index is 12.7. The van der Waals surface area contributed by atoms with E-state index >= 15 is 0 Å². The van der Waals surface area contributed by atoms with E-state index in [4.69, 9.17) is 0 Å². The third-order valence-corrected chi connectivity index (χ3v) is 10.1. The molecule has 0 unspecified atom stereocenters. The van der Waals surface area contributed by atoms with E-state index in [1.807, 2.05) is 24.4 Å². The van der Waals surface area contributed by atoms with E-state index < -0.39 is 20.0 Å². The van der Waals surface area contributed by atoms with Gasteiger partial charge in [-0.25, -0.2) is 21.8 Å². The zero-order valence-electron chi connectivity index (χ0n) is 16.7. The molecular weight excluding hydrogens is 475 g/mol. The van der Waals surface area contributed by atoms with Crippen LogP contribution in [0.3, 0.4) is 0 Å². The van der Waals surface area contributed by atoms with Gasteiger partial charge in [-0.05, 0) is 68.3 Å². The number of thiazole rings is 1. The number of nitrogens with zero attached hydrogens (tertiary/aromatic N) is 2. The van der Waals surface area contributed by atoms with Crippen LogP contribution >= 0.6 is 23.1 Å². The van der Waals surface area contributed by atoms with Crippen LogP contribution in [-0.4, -0.2) is 39.2 Å². The Kier molecular flexibility index (Phi) is 6.40. The van der Waals surface area contributed by atoms with Crippen molar-refractivity contribution in [2.75, 3.05) is 17.8 Å². The summed E-state index contributed by atoms with van der Waals surface area (Å²) in [4.78, 5) is 5.46. The molecule has 0 atom stereocenters. The van der Waals surface area contributed by atoms with Gasteiger partial charge < -0.3 is 0 Å². The highest BCUT2D eigenvalue weighted by molar-refractivity contribution is 8.01. The number of anilines is 1. The summed E-state index contributed by atoms with van der Waals surface area (Å²) in [5.74, 6) is 0. The summed E-state index contributed by atoms with van der Waals surface area (Å²) in [7, 11) is -7.42. The lowest BCUT2D eigenvalue weighted by Gasteiger charge is -2.15. The molecule has 0 saturated carbocycles. The Morgan fingerprint density at radius 2 is 1.55 bits per heavy atom. The quantitative estimate of drug-likeness (QED) is 0.528. The monoisotopic (exact) mass is 495 g/mol. The van der Waals surface area contributed by atoms with Gasteiger partial charge in [-0.1, -0.05) is 11.8 Å². The molecule has 164 valence electrons. The Labute approximate surface area is 190 Å². The first-order valence-electron chi connectivity index (χ1n) is 9.57. The van der Waals surface area contributed by atoms with Gasteiger partial charge in [0.25, 0.3) is 10.0 Å². The molecule has 7 nitrogen and oxygen atoms in total. The van der Waals surface area contributed by atoms with Crippen LogP contribution < -0.4 is 4.72 Å². The van der Waals surface area contributed by atoms with Crippen LogP contribution in [0.5, 0.6) is 0 Å². The largest absolute Gasteiger partial charge is 0.280 e. The van der Waals surface area contributed by atoms with Crippen LogP contribution in [0.4, 0.5) is 5.69 Å². The fraction of sp³-hybridized carbons (Fsp3) is 0.250. The van der Waals surface area contributed by atoms with E-state index in [1.54, 1.807) is 23.5 Å². The number of benzene rings is 2. The van der Waals surface area contributed by atoms with Crippen molar-refractivity contribution in [1.29, 1.82) is 0 Å². The van der Waals surface area contributed by atoms with Crippen LogP contribution in [0.25, 0.3) is 0 Å². The van der Waals surface area contributed by atoms with Crippen molar-refractivity contribution in [3.05, 3.63) is 59.6 Å². The van der Waals surface area contributed by atoms with Crippen molar-refractivity contribution < 1.29 is 16.8 Å². The molecule has 2 heterocycles. The van der Waals surface area contributed by atoms with Crippen LogP contribution in [0, 0.1) is 6.92 Å². The number of sulfonamides is 2. The standard InChI is InChI=1S/C20H21N3O4S4/c1-15-14-28-20(21-15)29-17-6-4-16(5-7-17)22-30(24,25)18-8-10-19(11-9-18)31(26,27)23-12-2-3-13-23/h4-11,14,22H,2-3,12-13H2,1H3. The summed E-state index contributed by atoms with van der Waals surface area (Å²) in [6.07, 6.45) is 1.69. The summed E-state index contributed by atoms with van der Waals surface area (Å²) in [5, 5.41) is 1.98. The number of aromatic nitrogens is 1. The minimum atomic E-state index is -3.84. The normalized spacial score (nSPS) is 15.3. The van der Waals surface area contributed by atoms with Crippen molar-refractivity contribution in [1.82, 2.24) is 9.29 Å². The lowest BCUT2D eigenvalue weighted by molar-refractivity contribution is 0.477. The van der Waals surface area contributed by atoms with Crippen molar-refractivity contribution in [3.8, 4) is 0 Å². The van der Waals surface area contributed by atoms with E-state index in [0.717, 1.165) is 27.8 Å². The number of rotatable bonds is 7. The molecule has 1 N–H and O–H groups in total. The Balaban J connectivity index is 1.46. The zero-order chi connectivity index (χ0) is 22.1. The van der Waals surface area contributed by atoms with Crippen LogP contribution in [0.1, 0.15) is 18.5 Å². The van der Waals surface area contributed by atoms with E-state index in [1.165, 1.54) is 40.3 Å². The second kappa shape index (κ2) is 8.91. The zero-order valence-corrected chi connectivity index (χ0v) is 20.0. The second-order valence-corrected chi connectivity index (χ2v) is 12.9. The molecule has 2 aromatic carbocycles. The molecule has 1 saturated heterocycles. The van der Waals surface area contributed by atoms with E-state index in [2.05, 4.69) is 9.71 Å². The minimum absolute atomic E-state index is 0.00424. The van der Waals surface area contributed by atoms with Gasteiger partial charge in [0.15, 0.2) is 4.34 Å². The van der Waals surface area contributed by atoms with Gasteiger partial charge in [0.1, 0.15) is 0 Å². The molecule has 3 aromatic rings. The molecule has 1 aliphatic rings. The molecule has 0 amide bonds. The second-order valence-electron chi connectivity index (χ2n) is 7.07. The lowest BCUT2D eigenvalue weighted by atomic mass is 10.3. The Morgan fingerprint density at radius 1 is 0.935 bits per heavy atom. The van der Waals surface area contributed by atoms with Crippen LogP contribution in [-0.2, 0) is 20.0 Å². The highest BCUT2D eigenvalue weighted by Gasteiger charge is 2.27. The van der Waals surface area contributed by atoms with Gasteiger partial charge in [-0.2, -0.15) is 4.31 Å². The first kappa shape index (κ1) is 22.3. The molecule has 1 aliphatic heterocycles. The molecule has 0 aliphatic carbocycles. The number of aryl methyl sites for hydroxylation is 1. The number of hydrogen-bond acceptors (Lipinski definition) is 7.